The monoisotopic (exact) mass is 447 g/mol. The second-order valence-electron chi connectivity index (χ2n) is 7.18. The first kappa shape index (κ1) is 20.8. The molecule has 1 aromatic heterocycles. The predicted molar refractivity (Wildman–Crippen MR) is 113 cm³/mol. The minimum Gasteiger partial charge on any atom is -0.497 e. The van der Waals surface area contributed by atoms with Gasteiger partial charge in [0.1, 0.15) is 5.75 Å². The molecule has 1 saturated carbocycles. The van der Waals surface area contributed by atoms with E-state index < -0.39 is 10.0 Å². The highest BCUT2D eigenvalue weighted by atomic mass is 35.5. The van der Waals surface area contributed by atoms with Gasteiger partial charge >= 0.3 is 0 Å². The third-order valence-electron chi connectivity index (χ3n) is 5.26. The Balaban J connectivity index is 1.62. The third kappa shape index (κ3) is 4.35. The average Bonchev–Trinajstić information content (AvgIpc) is 3.45. The normalized spacial score (nSPS) is 15.0. The van der Waals surface area contributed by atoms with Gasteiger partial charge in [-0.1, -0.05) is 29.6 Å². The number of hydrogen-bond acceptors (Lipinski definition) is 6. The predicted octanol–water partition coefficient (Wildman–Crippen LogP) is 4.53. The van der Waals surface area contributed by atoms with E-state index in [-0.39, 0.29) is 23.4 Å². The van der Waals surface area contributed by atoms with Crippen molar-refractivity contribution in [3.63, 3.8) is 0 Å². The van der Waals surface area contributed by atoms with Crippen molar-refractivity contribution in [1.29, 1.82) is 0 Å². The van der Waals surface area contributed by atoms with Crippen LogP contribution in [0.3, 0.4) is 0 Å². The van der Waals surface area contributed by atoms with Crippen LogP contribution < -0.4 is 4.74 Å². The lowest BCUT2D eigenvalue weighted by atomic mass is 10.2. The number of aromatic nitrogens is 2. The smallest absolute Gasteiger partial charge is 0.243 e. The van der Waals surface area contributed by atoms with Crippen LogP contribution in [0, 0.1) is 0 Å². The van der Waals surface area contributed by atoms with Crippen molar-refractivity contribution >= 4 is 21.6 Å². The summed E-state index contributed by atoms with van der Waals surface area (Å²) in [5.74, 6) is 1.25. The van der Waals surface area contributed by atoms with Gasteiger partial charge in [0.25, 0.3) is 0 Å². The highest BCUT2D eigenvalue weighted by molar-refractivity contribution is 7.89. The van der Waals surface area contributed by atoms with E-state index in [0.29, 0.717) is 16.6 Å². The maximum Gasteiger partial charge on any atom is 0.243 e. The molecule has 2 aromatic carbocycles. The van der Waals surface area contributed by atoms with Gasteiger partial charge in [-0.15, -0.1) is 0 Å². The number of ether oxygens (including phenoxy) is 1. The molecule has 0 spiro atoms. The molecule has 1 aliphatic rings. The molecule has 0 radical (unpaired) electrons. The fourth-order valence-corrected chi connectivity index (χ4v) is 5.41. The maximum atomic E-state index is 13.4. The molecule has 1 heterocycles. The quantitative estimate of drug-likeness (QED) is 0.528. The van der Waals surface area contributed by atoms with E-state index in [4.69, 9.17) is 20.9 Å². The van der Waals surface area contributed by atoms with Crippen LogP contribution in [0.15, 0.2) is 57.9 Å². The molecule has 0 bridgehead atoms. The molecular weight excluding hydrogens is 426 g/mol. The summed E-state index contributed by atoms with van der Waals surface area (Å²) in [5.41, 5.74) is 0.750. The Bertz CT molecular complexity index is 1090. The number of rotatable bonds is 7. The summed E-state index contributed by atoms with van der Waals surface area (Å²) >= 11 is 5.93. The first-order chi connectivity index (χ1) is 14.5. The summed E-state index contributed by atoms with van der Waals surface area (Å²) in [6, 6.07) is 13.4. The lowest BCUT2D eigenvalue weighted by molar-refractivity contribution is 0.268. The molecule has 9 heteroatoms. The van der Waals surface area contributed by atoms with Crippen LogP contribution in [0.1, 0.15) is 31.6 Å². The van der Waals surface area contributed by atoms with Crippen molar-refractivity contribution in [2.24, 2.45) is 0 Å². The summed E-state index contributed by atoms with van der Waals surface area (Å²) in [6.45, 7) is 0.0274. The number of benzene rings is 2. The lowest BCUT2D eigenvalue weighted by Crippen LogP contribution is -2.38. The number of hydrogen-bond donors (Lipinski definition) is 0. The minimum absolute atomic E-state index is 0.0274. The van der Waals surface area contributed by atoms with Crippen LogP contribution in [0.5, 0.6) is 5.75 Å². The number of sulfonamides is 1. The Kier molecular flexibility index (Phi) is 6.08. The van der Waals surface area contributed by atoms with Gasteiger partial charge in [-0.2, -0.15) is 9.29 Å². The third-order valence-corrected chi connectivity index (χ3v) is 7.42. The second-order valence-corrected chi connectivity index (χ2v) is 9.51. The molecule has 4 rings (SSSR count). The zero-order chi connectivity index (χ0) is 21.1. The molecule has 0 amide bonds. The Labute approximate surface area is 180 Å². The first-order valence-electron chi connectivity index (χ1n) is 9.72. The number of halogens is 1. The van der Waals surface area contributed by atoms with E-state index in [9.17, 15) is 8.42 Å². The van der Waals surface area contributed by atoms with Crippen molar-refractivity contribution in [2.45, 2.75) is 43.2 Å². The molecule has 7 nitrogen and oxygen atoms in total. The van der Waals surface area contributed by atoms with E-state index in [2.05, 4.69) is 10.1 Å². The number of nitrogens with zero attached hydrogens (tertiary/aromatic N) is 3. The van der Waals surface area contributed by atoms with Gasteiger partial charge in [0, 0.05) is 16.6 Å². The van der Waals surface area contributed by atoms with Crippen molar-refractivity contribution in [3.05, 3.63) is 59.4 Å². The van der Waals surface area contributed by atoms with Crippen LogP contribution in [-0.2, 0) is 16.6 Å². The summed E-state index contributed by atoms with van der Waals surface area (Å²) in [6.07, 6.45) is 3.62. The maximum absolute atomic E-state index is 13.4. The topological polar surface area (TPSA) is 85.5 Å². The molecule has 1 fully saturated rings. The summed E-state index contributed by atoms with van der Waals surface area (Å²) in [5, 5.41) is 4.62. The fourth-order valence-electron chi connectivity index (χ4n) is 3.65. The summed E-state index contributed by atoms with van der Waals surface area (Å²) in [7, 11) is -2.19. The van der Waals surface area contributed by atoms with Crippen molar-refractivity contribution in [1.82, 2.24) is 14.4 Å². The van der Waals surface area contributed by atoms with Crippen molar-refractivity contribution in [2.75, 3.05) is 7.11 Å². The van der Waals surface area contributed by atoms with Crippen molar-refractivity contribution < 1.29 is 17.7 Å². The van der Waals surface area contributed by atoms with E-state index in [1.54, 1.807) is 55.6 Å². The van der Waals surface area contributed by atoms with Crippen molar-refractivity contribution in [3.8, 4) is 17.1 Å². The molecule has 1 aliphatic carbocycles. The standard InChI is InChI=1S/C21H22ClN3O4S/c1-28-18-10-12-19(13-11-18)30(26,27)25(17-4-2-3-5-17)14-20-23-21(24-29-20)15-6-8-16(22)9-7-15/h6-13,17H,2-5,14H2,1H3. The largest absolute Gasteiger partial charge is 0.497 e. The van der Waals surface area contributed by atoms with Gasteiger partial charge in [-0.3, -0.25) is 0 Å². The van der Waals surface area contributed by atoms with E-state index in [1.165, 1.54) is 4.31 Å². The van der Waals surface area contributed by atoms with Crippen LogP contribution in [0.2, 0.25) is 5.02 Å². The Morgan fingerprint density at radius 3 is 2.40 bits per heavy atom. The second kappa shape index (κ2) is 8.75. The highest BCUT2D eigenvalue weighted by Crippen LogP contribution is 2.31. The minimum atomic E-state index is -3.74. The lowest BCUT2D eigenvalue weighted by Gasteiger charge is -2.26. The van der Waals surface area contributed by atoms with E-state index >= 15 is 0 Å². The Morgan fingerprint density at radius 1 is 1.10 bits per heavy atom. The van der Waals surface area contributed by atoms with Gasteiger partial charge in [0.15, 0.2) is 0 Å². The molecule has 0 N–H and O–H groups in total. The molecule has 0 aliphatic heterocycles. The zero-order valence-electron chi connectivity index (χ0n) is 16.5. The van der Waals surface area contributed by atoms with Gasteiger partial charge in [-0.25, -0.2) is 8.42 Å². The molecular formula is C21H22ClN3O4S. The average molecular weight is 448 g/mol. The number of methoxy groups -OCH3 is 1. The summed E-state index contributed by atoms with van der Waals surface area (Å²) < 4.78 is 38.9. The van der Waals surface area contributed by atoms with E-state index in [0.717, 1.165) is 31.2 Å². The molecule has 0 atom stereocenters. The Morgan fingerprint density at radius 2 is 1.77 bits per heavy atom. The van der Waals surface area contributed by atoms with Crippen LogP contribution in [0.25, 0.3) is 11.4 Å². The van der Waals surface area contributed by atoms with Gasteiger partial charge < -0.3 is 9.26 Å². The molecule has 158 valence electrons. The van der Waals surface area contributed by atoms with E-state index in [1.807, 2.05) is 0 Å². The van der Waals surface area contributed by atoms with Crippen LogP contribution in [-0.4, -0.2) is 36.0 Å². The highest BCUT2D eigenvalue weighted by Gasteiger charge is 2.34. The van der Waals surface area contributed by atoms with Crippen LogP contribution >= 0.6 is 11.6 Å². The van der Waals surface area contributed by atoms with Crippen LogP contribution in [0.4, 0.5) is 0 Å². The fraction of sp³-hybridized carbons (Fsp3) is 0.333. The van der Waals surface area contributed by atoms with Gasteiger partial charge in [0.05, 0.1) is 18.6 Å². The first-order valence-corrected chi connectivity index (χ1v) is 11.5. The Hall–Kier alpha value is -2.42. The van der Waals surface area contributed by atoms with Gasteiger partial charge in [-0.05, 0) is 61.4 Å². The molecule has 30 heavy (non-hydrogen) atoms. The van der Waals surface area contributed by atoms with Gasteiger partial charge in [0.2, 0.25) is 21.7 Å². The summed E-state index contributed by atoms with van der Waals surface area (Å²) in [4.78, 5) is 4.62. The molecule has 3 aromatic rings. The molecule has 0 saturated heterocycles. The zero-order valence-corrected chi connectivity index (χ0v) is 18.1. The molecule has 0 unspecified atom stereocenters. The SMILES string of the molecule is COc1ccc(S(=O)(=O)N(Cc2nc(-c3ccc(Cl)cc3)no2)C2CCCC2)cc1.